The maximum Gasteiger partial charge on any atom is 0.240 e. The summed E-state index contributed by atoms with van der Waals surface area (Å²) >= 11 is 0. The van der Waals surface area contributed by atoms with Gasteiger partial charge in [0.25, 0.3) is 0 Å². The van der Waals surface area contributed by atoms with Gasteiger partial charge in [0.1, 0.15) is 6.04 Å². The van der Waals surface area contributed by atoms with E-state index >= 15 is 0 Å². The smallest absolute Gasteiger partial charge is 0.240 e. The quantitative estimate of drug-likeness (QED) is 0.631. The highest BCUT2D eigenvalue weighted by Gasteiger charge is 2.33. The third kappa shape index (κ3) is 2.76. The number of carbonyl (C=O) groups excluding carboxylic acids is 2. The van der Waals surface area contributed by atoms with Crippen LogP contribution in [0.5, 0.6) is 0 Å². The van der Waals surface area contributed by atoms with Gasteiger partial charge in [-0.15, -0.1) is 0 Å². The van der Waals surface area contributed by atoms with E-state index in [1.54, 1.807) is 11.9 Å². The third-order valence-corrected chi connectivity index (χ3v) is 3.29. The lowest BCUT2D eigenvalue weighted by molar-refractivity contribution is -0.129. The van der Waals surface area contributed by atoms with Crippen LogP contribution in [0.15, 0.2) is 0 Å². The number of likely N-dealkylation sites (tertiary alicyclic amines) is 1. The molecular formula is C11H19N3O3. The SMILES string of the molecule is C[C@H]1OCCN[C@@H]1C(=O)NC1CC(=O)N(C)C1. The highest BCUT2D eigenvalue weighted by Crippen LogP contribution is 2.10. The first-order valence-corrected chi connectivity index (χ1v) is 5.97. The first kappa shape index (κ1) is 12.3. The molecule has 0 aromatic heterocycles. The molecule has 2 amide bonds. The normalized spacial score (nSPS) is 33.9. The molecule has 0 bridgehead atoms. The molecule has 0 spiro atoms. The van der Waals surface area contributed by atoms with Crippen molar-refractivity contribution in [3.63, 3.8) is 0 Å². The van der Waals surface area contributed by atoms with Gasteiger partial charge in [-0.25, -0.2) is 0 Å². The number of rotatable bonds is 2. The fourth-order valence-electron chi connectivity index (χ4n) is 2.28. The summed E-state index contributed by atoms with van der Waals surface area (Å²) in [6, 6.07) is -0.388. The highest BCUT2D eigenvalue weighted by molar-refractivity contribution is 5.85. The second kappa shape index (κ2) is 5.01. The molecule has 0 aromatic rings. The van der Waals surface area contributed by atoms with Gasteiger partial charge in [0.15, 0.2) is 0 Å². The Labute approximate surface area is 101 Å². The topological polar surface area (TPSA) is 70.7 Å². The van der Waals surface area contributed by atoms with Crippen LogP contribution in [0.25, 0.3) is 0 Å². The van der Waals surface area contributed by atoms with E-state index in [0.717, 1.165) is 0 Å². The Kier molecular flexibility index (Phi) is 3.63. The molecule has 2 fully saturated rings. The average molecular weight is 241 g/mol. The van der Waals surface area contributed by atoms with Gasteiger partial charge < -0.3 is 20.3 Å². The number of hydrogen-bond acceptors (Lipinski definition) is 4. The van der Waals surface area contributed by atoms with Crippen LogP contribution in [0.2, 0.25) is 0 Å². The van der Waals surface area contributed by atoms with Crippen LogP contribution in [0, 0.1) is 0 Å². The maximum absolute atomic E-state index is 12.0. The summed E-state index contributed by atoms with van der Waals surface area (Å²) < 4.78 is 5.42. The number of nitrogens with zero attached hydrogens (tertiary/aromatic N) is 1. The fraction of sp³-hybridized carbons (Fsp3) is 0.818. The summed E-state index contributed by atoms with van der Waals surface area (Å²) in [4.78, 5) is 25.0. The minimum absolute atomic E-state index is 0.0732. The molecule has 3 atom stereocenters. The summed E-state index contributed by atoms with van der Waals surface area (Å²) in [6.45, 7) is 3.79. The van der Waals surface area contributed by atoms with E-state index < -0.39 is 0 Å². The van der Waals surface area contributed by atoms with Crippen molar-refractivity contribution in [1.82, 2.24) is 15.5 Å². The third-order valence-electron chi connectivity index (χ3n) is 3.29. The Hall–Kier alpha value is -1.14. The molecule has 17 heavy (non-hydrogen) atoms. The van der Waals surface area contributed by atoms with Crippen LogP contribution in [0.1, 0.15) is 13.3 Å². The number of morpholine rings is 1. The summed E-state index contributed by atoms with van der Waals surface area (Å²) in [6.07, 6.45) is 0.267. The van der Waals surface area contributed by atoms with Crippen LogP contribution in [-0.4, -0.2) is 61.6 Å². The zero-order valence-corrected chi connectivity index (χ0v) is 10.2. The van der Waals surface area contributed by atoms with E-state index in [-0.39, 0.29) is 30.0 Å². The predicted octanol–water partition coefficient (Wildman–Crippen LogP) is -1.29. The molecule has 1 unspecified atom stereocenters. The Morgan fingerprint density at radius 1 is 1.59 bits per heavy atom. The van der Waals surface area contributed by atoms with Gasteiger partial charge in [-0.05, 0) is 6.92 Å². The number of likely N-dealkylation sites (N-methyl/N-ethyl adjacent to an activating group) is 1. The molecule has 2 aliphatic rings. The van der Waals surface area contributed by atoms with Crippen molar-refractivity contribution in [2.75, 3.05) is 26.7 Å². The van der Waals surface area contributed by atoms with Crippen LogP contribution in [0.4, 0.5) is 0 Å². The molecule has 2 N–H and O–H groups in total. The lowest BCUT2D eigenvalue weighted by atomic mass is 10.1. The summed E-state index contributed by atoms with van der Waals surface area (Å²) in [7, 11) is 1.75. The molecule has 2 saturated heterocycles. The molecule has 6 nitrogen and oxygen atoms in total. The predicted molar refractivity (Wildman–Crippen MR) is 61.4 cm³/mol. The molecule has 2 aliphatic heterocycles. The molecule has 0 radical (unpaired) electrons. The Morgan fingerprint density at radius 2 is 2.35 bits per heavy atom. The molecule has 6 heteroatoms. The zero-order valence-electron chi connectivity index (χ0n) is 10.2. The zero-order chi connectivity index (χ0) is 12.4. The molecule has 0 saturated carbocycles. The highest BCUT2D eigenvalue weighted by atomic mass is 16.5. The summed E-state index contributed by atoms with van der Waals surface area (Å²) in [5.41, 5.74) is 0. The first-order valence-electron chi connectivity index (χ1n) is 5.97. The van der Waals surface area contributed by atoms with Gasteiger partial charge >= 0.3 is 0 Å². The van der Waals surface area contributed by atoms with Crippen molar-refractivity contribution in [3.8, 4) is 0 Å². The first-order chi connectivity index (χ1) is 8.08. The summed E-state index contributed by atoms with van der Waals surface area (Å²) in [5, 5.41) is 6.03. The fourth-order valence-corrected chi connectivity index (χ4v) is 2.28. The van der Waals surface area contributed by atoms with Crippen LogP contribution in [0.3, 0.4) is 0 Å². The monoisotopic (exact) mass is 241 g/mol. The second-order valence-electron chi connectivity index (χ2n) is 4.69. The van der Waals surface area contributed by atoms with Crippen LogP contribution >= 0.6 is 0 Å². The molecule has 96 valence electrons. The standard InChI is InChI=1S/C11H19N3O3/c1-7-10(12-3-4-17-7)11(16)13-8-5-9(15)14(2)6-8/h7-8,10,12H,3-6H2,1-2H3,(H,13,16)/t7-,8?,10+/m1/s1. The van der Waals surface area contributed by atoms with E-state index in [1.807, 2.05) is 6.92 Å². The molecule has 0 aromatic carbocycles. The van der Waals surface area contributed by atoms with Crippen molar-refractivity contribution in [2.24, 2.45) is 0 Å². The molecule has 0 aliphatic carbocycles. The number of ether oxygens (including phenoxy) is 1. The van der Waals surface area contributed by atoms with Gasteiger partial charge in [0.05, 0.1) is 18.8 Å². The Morgan fingerprint density at radius 3 is 2.94 bits per heavy atom. The van der Waals surface area contributed by atoms with E-state index in [2.05, 4.69) is 10.6 Å². The average Bonchev–Trinajstić information content (AvgIpc) is 2.58. The largest absolute Gasteiger partial charge is 0.375 e. The van der Waals surface area contributed by atoms with Crippen molar-refractivity contribution in [1.29, 1.82) is 0 Å². The van der Waals surface area contributed by atoms with Crippen molar-refractivity contribution in [2.45, 2.75) is 31.5 Å². The van der Waals surface area contributed by atoms with Gasteiger partial charge in [-0.1, -0.05) is 0 Å². The molecular weight excluding hydrogens is 222 g/mol. The maximum atomic E-state index is 12.0. The van der Waals surface area contributed by atoms with E-state index in [0.29, 0.717) is 26.1 Å². The van der Waals surface area contributed by atoms with E-state index in [9.17, 15) is 9.59 Å². The van der Waals surface area contributed by atoms with Crippen molar-refractivity contribution < 1.29 is 14.3 Å². The number of amides is 2. The summed E-state index contributed by atoms with van der Waals surface area (Å²) in [5.74, 6) is 0.00139. The number of carbonyl (C=O) groups is 2. The van der Waals surface area contributed by atoms with E-state index in [1.165, 1.54) is 0 Å². The van der Waals surface area contributed by atoms with E-state index in [4.69, 9.17) is 4.74 Å². The van der Waals surface area contributed by atoms with Gasteiger partial charge in [0.2, 0.25) is 11.8 Å². The molecule has 2 heterocycles. The molecule has 2 rings (SSSR count). The van der Waals surface area contributed by atoms with Crippen molar-refractivity contribution in [3.05, 3.63) is 0 Å². The second-order valence-corrected chi connectivity index (χ2v) is 4.69. The minimum atomic E-state index is -0.315. The number of nitrogens with one attached hydrogen (secondary N) is 2. The van der Waals surface area contributed by atoms with Crippen molar-refractivity contribution >= 4 is 11.8 Å². The van der Waals surface area contributed by atoms with Gasteiger partial charge in [0, 0.05) is 26.6 Å². The van der Waals surface area contributed by atoms with Gasteiger partial charge in [-0.3, -0.25) is 9.59 Å². The number of hydrogen-bond donors (Lipinski definition) is 2. The Balaban J connectivity index is 1.86. The lowest BCUT2D eigenvalue weighted by Gasteiger charge is -2.30. The Bertz CT molecular complexity index is 321. The van der Waals surface area contributed by atoms with Gasteiger partial charge in [-0.2, -0.15) is 0 Å². The van der Waals surface area contributed by atoms with Crippen LogP contribution < -0.4 is 10.6 Å². The van der Waals surface area contributed by atoms with Crippen LogP contribution in [-0.2, 0) is 14.3 Å². The minimum Gasteiger partial charge on any atom is -0.375 e. The lowest BCUT2D eigenvalue weighted by Crippen LogP contribution is -2.57.